The van der Waals surface area contributed by atoms with E-state index in [9.17, 15) is 23.1 Å². The third-order valence-corrected chi connectivity index (χ3v) is 3.33. The number of aliphatic hydroxyl groups is 1. The van der Waals surface area contributed by atoms with Crippen LogP contribution in [0.25, 0.3) is 0 Å². The zero-order chi connectivity index (χ0) is 17.1. The van der Waals surface area contributed by atoms with Crippen LogP contribution in [0.3, 0.4) is 0 Å². The topological polar surface area (TPSA) is 72.5 Å². The normalized spacial score (nSPS) is 16.0. The maximum Gasteiger partial charge on any atom is 0.421 e. The van der Waals surface area contributed by atoms with E-state index in [1.54, 1.807) is 6.92 Å². The van der Waals surface area contributed by atoms with Crippen molar-refractivity contribution >= 4 is 17.6 Å². The summed E-state index contributed by atoms with van der Waals surface area (Å²) in [5.41, 5.74) is 2.45. The number of ether oxygens (including phenoxy) is 1. The molecule has 22 heavy (non-hydrogen) atoms. The number of benzene rings is 1. The average molecular weight is 340 g/mol. The average Bonchev–Trinajstić information content (AvgIpc) is 2.36. The predicted octanol–water partition coefficient (Wildman–Crippen LogP) is 2.54. The molecule has 0 aliphatic rings. The molecule has 2 unspecified atom stereocenters. The molecular formula is C14H17ClF3NO3. The van der Waals surface area contributed by atoms with Crippen LogP contribution in [0.5, 0.6) is 0 Å². The van der Waals surface area contributed by atoms with Crippen molar-refractivity contribution in [1.29, 1.82) is 0 Å². The first-order valence-electron chi connectivity index (χ1n) is 6.50. The van der Waals surface area contributed by atoms with Crippen molar-refractivity contribution in [1.82, 2.24) is 0 Å². The molecule has 1 aromatic carbocycles. The lowest BCUT2D eigenvalue weighted by Crippen LogP contribution is -2.39. The summed E-state index contributed by atoms with van der Waals surface area (Å²) < 4.78 is 43.4. The number of hydrogen-bond donors (Lipinski definition) is 2. The van der Waals surface area contributed by atoms with Gasteiger partial charge >= 0.3 is 12.1 Å². The summed E-state index contributed by atoms with van der Waals surface area (Å²) in [5.74, 6) is -0.661. The third kappa shape index (κ3) is 4.34. The highest BCUT2D eigenvalue weighted by Gasteiger charge is 2.51. The number of carbonyl (C=O) groups is 1. The quantitative estimate of drug-likeness (QED) is 0.809. The Morgan fingerprint density at radius 3 is 2.50 bits per heavy atom. The van der Waals surface area contributed by atoms with Gasteiger partial charge in [0.05, 0.1) is 6.61 Å². The minimum atomic E-state index is -4.86. The second kappa shape index (κ2) is 6.85. The number of halogens is 4. The van der Waals surface area contributed by atoms with Crippen LogP contribution in [0, 0.1) is 0 Å². The zero-order valence-electron chi connectivity index (χ0n) is 12.1. The Morgan fingerprint density at radius 1 is 1.41 bits per heavy atom. The summed E-state index contributed by atoms with van der Waals surface area (Å²) in [6.07, 6.45) is -4.92. The molecule has 0 bridgehead atoms. The highest BCUT2D eigenvalue weighted by atomic mass is 35.5. The van der Waals surface area contributed by atoms with Crippen LogP contribution in [-0.4, -0.2) is 29.9 Å². The van der Waals surface area contributed by atoms with Crippen molar-refractivity contribution in [2.75, 3.05) is 6.61 Å². The molecule has 0 amide bonds. The van der Waals surface area contributed by atoms with E-state index in [4.69, 9.17) is 22.1 Å². The van der Waals surface area contributed by atoms with E-state index in [1.807, 2.05) is 0 Å². The molecule has 0 spiro atoms. The van der Waals surface area contributed by atoms with Crippen LogP contribution in [0.1, 0.15) is 25.0 Å². The molecule has 3 N–H and O–H groups in total. The van der Waals surface area contributed by atoms with E-state index in [0.29, 0.717) is 12.5 Å². The number of carbonyl (C=O) groups excluding carboxylic acids is 1. The molecule has 1 aromatic rings. The van der Waals surface area contributed by atoms with E-state index in [-0.39, 0.29) is 18.1 Å². The molecule has 0 saturated heterocycles. The molecule has 0 aliphatic carbocycles. The molecule has 4 nitrogen and oxygen atoms in total. The molecule has 0 heterocycles. The van der Waals surface area contributed by atoms with Crippen molar-refractivity contribution in [2.45, 2.75) is 38.1 Å². The van der Waals surface area contributed by atoms with Crippen LogP contribution >= 0.6 is 11.6 Å². The van der Waals surface area contributed by atoms with E-state index >= 15 is 0 Å². The molecule has 0 aromatic heterocycles. The highest BCUT2D eigenvalue weighted by molar-refractivity contribution is 6.30. The van der Waals surface area contributed by atoms with E-state index in [2.05, 4.69) is 0 Å². The van der Waals surface area contributed by atoms with Gasteiger partial charge in [-0.1, -0.05) is 17.7 Å². The van der Waals surface area contributed by atoms with E-state index in [0.717, 1.165) is 12.1 Å². The van der Waals surface area contributed by atoms with Gasteiger partial charge in [0, 0.05) is 5.02 Å². The van der Waals surface area contributed by atoms with Gasteiger partial charge in [-0.25, -0.2) is 0 Å². The lowest BCUT2D eigenvalue weighted by atomic mass is 9.92. The SMILES string of the molecule is CCOC(=O)C(N)Cc1cc(Cl)cc(C(C)(O)C(F)(F)F)c1. The molecule has 0 aliphatic heterocycles. The maximum absolute atomic E-state index is 12.9. The second-order valence-corrected chi connectivity index (χ2v) is 5.42. The summed E-state index contributed by atoms with van der Waals surface area (Å²) in [6, 6.07) is 2.51. The Hall–Kier alpha value is -1.31. The van der Waals surface area contributed by atoms with Gasteiger partial charge in [-0.05, 0) is 43.5 Å². The number of nitrogens with two attached hydrogens (primary N) is 1. The molecule has 2 atom stereocenters. The van der Waals surface area contributed by atoms with Crippen molar-refractivity contribution in [2.24, 2.45) is 5.73 Å². The summed E-state index contributed by atoms with van der Waals surface area (Å²) in [6.45, 7) is 2.40. The molecule has 124 valence electrons. The summed E-state index contributed by atoms with van der Waals surface area (Å²) in [7, 11) is 0. The minimum Gasteiger partial charge on any atom is -0.465 e. The molecular weight excluding hydrogens is 323 g/mol. The standard InChI is InChI=1S/C14H17ClF3NO3/c1-3-22-12(20)11(19)6-8-4-9(7-10(15)5-8)13(2,21)14(16,17)18/h4-5,7,11,21H,3,6,19H2,1-2H3. The zero-order valence-corrected chi connectivity index (χ0v) is 12.8. The summed E-state index contributed by atoms with van der Waals surface area (Å²) in [5, 5.41) is 9.70. The van der Waals surface area contributed by atoms with Gasteiger partial charge < -0.3 is 15.6 Å². The Labute approximate surface area is 131 Å². The second-order valence-electron chi connectivity index (χ2n) is 4.98. The van der Waals surface area contributed by atoms with Crippen LogP contribution in [0.2, 0.25) is 5.02 Å². The van der Waals surface area contributed by atoms with E-state index < -0.39 is 29.4 Å². The smallest absolute Gasteiger partial charge is 0.421 e. The highest BCUT2D eigenvalue weighted by Crippen LogP contribution is 2.39. The Bertz CT molecular complexity index is 547. The molecule has 0 fully saturated rings. The summed E-state index contributed by atoms with van der Waals surface area (Å²) in [4.78, 5) is 11.5. The third-order valence-electron chi connectivity index (χ3n) is 3.12. The molecule has 1 rings (SSSR count). The first-order chi connectivity index (χ1) is 9.99. The fraction of sp³-hybridized carbons (Fsp3) is 0.500. The van der Waals surface area contributed by atoms with Crippen molar-refractivity contribution in [3.05, 3.63) is 34.3 Å². The molecule has 0 saturated carbocycles. The van der Waals surface area contributed by atoms with Crippen LogP contribution < -0.4 is 5.73 Å². The van der Waals surface area contributed by atoms with E-state index in [1.165, 1.54) is 6.07 Å². The lowest BCUT2D eigenvalue weighted by Gasteiger charge is -2.27. The Kier molecular flexibility index (Phi) is 5.83. The van der Waals surface area contributed by atoms with Gasteiger partial charge in [0.25, 0.3) is 0 Å². The van der Waals surface area contributed by atoms with Crippen LogP contribution in [-0.2, 0) is 21.6 Å². The monoisotopic (exact) mass is 339 g/mol. The van der Waals surface area contributed by atoms with Gasteiger partial charge in [0.1, 0.15) is 6.04 Å². The molecule has 0 radical (unpaired) electrons. The van der Waals surface area contributed by atoms with Gasteiger partial charge in [-0.15, -0.1) is 0 Å². The van der Waals surface area contributed by atoms with Crippen molar-refractivity contribution < 1.29 is 27.8 Å². The minimum absolute atomic E-state index is 0.00749. The van der Waals surface area contributed by atoms with Crippen molar-refractivity contribution in [3.8, 4) is 0 Å². The first kappa shape index (κ1) is 18.7. The number of alkyl halides is 3. The van der Waals surface area contributed by atoms with Gasteiger partial charge in [-0.3, -0.25) is 4.79 Å². The lowest BCUT2D eigenvalue weighted by molar-refractivity contribution is -0.258. The largest absolute Gasteiger partial charge is 0.465 e. The number of rotatable bonds is 5. The Morgan fingerprint density at radius 2 is 2.00 bits per heavy atom. The fourth-order valence-corrected chi connectivity index (χ4v) is 2.06. The number of esters is 1. The fourth-order valence-electron chi connectivity index (χ4n) is 1.80. The molecule has 8 heteroatoms. The van der Waals surface area contributed by atoms with Gasteiger partial charge in [0.15, 0.2) is 5.60 Å². The van der Waals surface area contributed by atoms with Crippen LogP contribution in [0.15, 0.2) is 18.2 Å². The summed E-state index contributed by atoms with van der Waals surface area (Å²) >= 11 is 5.79. The van der Waals surface area contributed by atoms with Gasteiger partial charge in [-0.2, -0.15) is 13.2 Å². The van der Waals surface area contributed by atoms with Crippen LogP contribution in [0.4, 0.5) is 13.2 Å². The maximum atomic E-state index is 12.9. The predicted molar refractivity (Wildman–Crippen MR) is 75.4 cm³/mol. The van der Waals surface area contributed by atoms with Crippen molar-refractivity contribution in [3.63, 3.8) is 0 Å². The Balaban J connectivity index is 3.08. The first-order valence-corrected chi connectivity index (χ1v) is 6.88. The number of hydrogen-bond acceptors (Lipinski definition) is 4. The van der Waals surface area contributed by atoms with Gasteiger partial charge in [0.2, 0.25) is 0 Å².